The number of amidine groups is 1. The highest BCUT2D eigenvalue weighted by Crippen LogP contribution is 2.22. The Hall–Kier alpha value is -2.70. The topological polar surface area (TPSA) is 95.4 Å². The van der Waals surface area contributed by atoms with E-state index in [1.165, 1.54) is 12.5 Å². The molecule has 0 radical (unpaired) electrons. The molecule has 0 spiro atoms. The molecule has 1 aromatic rings. The molecule has 0 bridgehead atoms. The van der Waals surface area contributed by atoms with E-state index in [-0.39, 0.29) is 6.10 Å². The van der Waals surface area contributed by atoms with Crippen LogP contribution in [-0.4, -0.2) is 29.1 Å². The Morgan fingerprint density at radius 1 is 1.30 bits per heavy atom. The van der Waals surface area contributed by atoms with E-state index < -0.39 is 5.97 Å². The summed E-state index contributed by atoms with van der Waals surface area (Å²) in [6.45, 7) is 0. The van der Waals surface area contributed by atoms with Gasteiger partial charge in [0.05, 0.1) is 5.56 Å². The third-order valence-electron chi connectivity index (χ3n) is 3.87. The molecule has 8 heteroatoms. The number of carbonyl (C=O) groups excluding carboxylic acids is 2. The lowest BCUT2D eigenvalue weighted by Crippen LogP contribution is -2.37. The average Bonchev–Trinajstić information content (AvgIpc) is 3.04. The lowest BCUT2D eigenvalue weighted by Gasteiger charge is -2.22. The van der Waals surface area contributed by atoms with Gasteiger partial charge in [-0.3, -0.25) is 0 Å². The van der Waals surface area contributed by atoms with Crippen molar-refractivity contribution in [3.05, 3.63) is 35.4 Å². The van der Waals surface area contributed by atoms with Crippen molar-refractivity contribution in [1.82, 2.24) is 16.2 Å². The van der Waals surface area contributed by atoms with Crippen LogP contribution in [0.4, 0.5) is 0 Å². The molecule has 1 aromatic carbocycles. The minimum absolute atomic E-state index is 0.0322. The number of nitrogens with one attached hydrogen (secondary N) is 2. The third-order valence-corrected chi connectivity index (χ3v) is 3.87. The molecule has 3 rings (SSSR count). The van der Waals surface area contributed by atoms with Crippen LogP contribution >= 0.6 is 0 Å². The van der Waals surface area contributed by atoms with Crippen LogP contribution in [0.25, 0.3) is 0 Å². The van der Waals surface area contributed by atoms with Gasteiger partial charge in [0.1, 0.15) is 6.10 Å². The van der Waals surface area contributed by atoms with Gasteiger partial charge >= 0.3 is 5.97 Å². The second-order valence-electron chi connectivity index (χ2n) is 5.37. The quantitative estimate of drug-likeness (QED) is 0.495. The van der Waals surface area contributed by atoms with Crippen molar-refractivity contribution < 1.29 is 14.3 Å². The second-order valence-corrected chi connectivity index (χ2v) is 5.37. The fourth-order valence-corrected chi connectivity index (χ4v) is 2.77. The molecule has 1 aliphatic heterocycles. The van der Waals surface area contributed by atoms with Gasteiger partial charge < -0.3 is 4.74 Å². The Labute approximate surface area is 133 Å². The maximum Gasteiger partial charge on any atom is 0.339 e. The first-order valence-electron chi connectivity index (χ1n) is 7.56. The maximum atomic E-state index is 12.5. The van der Waals surface area contributed by atoms with Gasteiger partial charge in [0, 0.05) is 5.56 Å². The van der Waals surface area contributed by atoms with Crippen molar-refractivity contribution in [3.63, 3.8) is 0 Å². The van der Waals surface area contributed by atoms with Gasteiger partial charge in [-0.15, -0.1) is 15.8 Å². The molecule has 8 nitrogen and oxygen atoms in total. The van der Waals surface area contributed by atoms with Crippen LogP contribution in [0.2, 0.25) is 0 Å². The van der Waals surface area contributed by atoms with E-state index in [4.69, 9.17) is 4.74 Å². The lowest BCUT2D eigenvalue weighted by atomic mass is 9.97. The third kappa shape index (κ3) is 3.39. The summed E-state index contributed by atoms with van der Waals surface area (Å²) in [6, 6.07) is 6.92. The molecule has 1 heterocycles. The number of hydrogen-bond donors (Lipinski definition) is 2. The van der Waals surface area contributed by atoms with Crippen LogP contribution in [0.5, 0.6) is 0 Å². The molecule has 2 aliphatic rings. The van der Waals surface area contributed by atoms with Gasteiger partial charge in [0.15, 0.2) is 5.84 Å². The molecule has 0 amide bonds. The number of hydrazine groups is 2. The van der Waals surface area contributed by atoms with Crippen LogP contribution in [0, 0.1) is 0 Å². The molecular formula is C15H17N5O3. The Morgan fingerprint density at radius 2 is 2.09 bits per heavy atom. The summed E-state index contributed by atoms with van der Waals surface area (Å²) in [7, 11) is 0. The number of hydrogen-bond acceptors (Lipinski definition) is 8. The maximum absolute atomic E-state index is 12.5. The summed E-state index contributed by atoms with van der Waals surface area (Å²) in [4.78, 5) is 23.0. The minimum atomic E-state index is -0.392. The highest BCUT2D eigenvalue weighted by atomic mass is 16.5. The summed E-state index contributed by atoms with van der Waals surface area (Å²) in [5.74, 6) is -0.0957. The number of carbonyl (C=O) groups is 1. The zero-order valence-electron chi connectivity index (χ0n) is 12.5. The van der Waals surface area contributed by atoms with Crippen molar-refractivity contribution in [1.29, 1.82) is 0 Å². The van der Waals surface area contributed by atoms with Gasteiger partial charge in [-0.1, -0.05) is 29.7 Å². The second kappa shape index (κ2) is 7.04. The predicted octanol–water partition coefficient (Wildman–Crippen LogP) is 1.41. The largest absolute Gasteiger partial charge is 0.459 e. The van der Waals surface area contributed by atoms with Crippen molar-refractivity contribution in [2.24, 2.45) is 10.2 Å². The fraction of sp³-hybridized carbons (Fsp3) is 0.400. The summed E-state index contributed by atoms with van der Waals surface area (Å²) in [6.07, 6.45) is 6.56. The Bertz CT molecular complexity index is 663. The fourth-order valence-electron chi connectivity index (χ4n) is 2.77. The summed E-state index contributed by atoms with van der Waals surface area (Å²) >= 11 is 0. The SMILES string of the molecule is O=C=NN1NNN=C1c1ccccc1C(=O)OC1CCCCC1. The van der Waals surface area contributed by atoms with Crippen molar-refractivity contribution in [2.75, 3.05) is 0 Å². The molecule has 0 unspecified atom stereocenters. The molecule has 1 aliphatic carbocycles. The van der Waals surface area contributed by atoms with E-state index in [0.29, 0.717) is 17.0 Å². The highest BCUT2D eigenvalue weighted by Gasteiger charge is 2.26. The Balaban J connectivity index is 1.82. The number of ether oxygens (including phenoxy) is 1. The van der Waals surface area contributed by atoms with E-state index in [2.05, 4.69) is 21.3 Å². The van der Waals surface area contributed by atoms with Crippen LogP contribution in [0.15, 0.2) is 34.5 Å². The van der Waals surface area contributed by atoms with E-state index >= 15 is 0 Å². The van der Waals surface area contributed by atoms with E-state index in [0.717, 1.165) is 30.8 Å². The number of esters is 1. The molecule has 1 saturated carbocycles. The first-order chi connectivity index (χ1) is 11.3. The first-order valence-corrected chi connectivity index (χ1v) is 7.56. The molecular weight excluding hydrogens is 298 g/mol. The zero-order chi connectivity index (χ0) is 16.1. The van der Waals surface area contributed by atoms with E-state index in [1.807, 2.05) is 0 Å². The number of benzene rings is 1. The number of hydrazone groups is 2. The summed E-state index contributed by atoms with van der Waals surface area (Å²) < 4.78 is 5.61. The lowest BCUT2D eigenvalue weighted by molar-refractivity contribution is 0.0211. The smallest absolute Gasteiger partial charge is 0.339 e. The normalized spacial score (nSPS) is 17.9. The molecule has 1 fully saturated rings. The Kier molecular flexibility index (Phi) is 4.65. The summed E-state index contributed by atoms with van der Waals surface area (Å²) in [5, 5.41) is 8.58. The van der Waals surface area contributed by atoms with Gasteiger partial charge in [0.25, 0.3) is 6.08 Å². The van der Waals surface area contributed by atoms with E-state index in [1.54, 1.807) is 24.3 Å². The van der Waals surface area contributed by atoms with Gasteiger partial charge in [-0.05, 0) is 31.7 Å². The molecule has 0 aromatic heterocycles. The standard InChI is InChI=1S/C15H17N5O3/c21-10-16-20-14(17-18-19-20)12-8-4-5-9-13(12)15(22)23-11-6-2-1-3-7-11/h4-5,8-9,11,18-19H,1-3,6-7H2. The van der Waals surface area contributed by atoms with Crippen molar-refractivity contribution in [2.45, 2.75) is 38.2 Å². The average molecular weight is 315 g/mol. The molecule has 23 heavy (non-hydrogen) atoms. The molecule has 2 N–H and O–H groups in total. The van der Waals surface area contributed by atoms with Crippen molar-refractivity contribution >= 4 is 17.9 Å². The highest BCUT2D eigenvalue weighted by molar-refractivity contribution is 6.07. The molecule has 0 atom stereocenters. The number of rotatable bonds is 4. The van der Waals surface area contributed by atoms with Crippen LogP contribution < -0.4 is 11.1 Å². The van der Waals surface area contributed by atoms with Crippen molar-refractivity contribution in [3.8, 4) is 0 Å². The predicted molar refractivity (Wildman–Crippen MR) is 81.5 cm³/mol. The Morgan fingerprint density at radius 3 is 2.87 bits per heavy atom. The number of isocyanates is 1. The van der Waals surface area contributed by atoms with Gasteiger partial charge in [0.2, 0.25) is 0 Å². The minimum Gasteiger partial charge on any atom is -0.459 e. The molecule has 120 valence electrons. The molecule has 0 saturated heterocycles. The first kappa shape index (κ1) is 15.2. The van der Waals surface area contributed by atoms with Crippen LogP contribution in [0.3, 0.4) is 0 Å². The monoisotopic (exact) mass is 315 g/mol. The van der Waals surface area contributed by atoms with E-state index in [9.17, 15) is 9.59 Å². The van der Waals surface area contributed by atoms with Gasteiger partial charge in [-0.2, -0.15) is 0 Å². The zero-order valence-corrected chi connectivity index (χ0v) is 12.5. The van der Waals surface area contributed by atoms with Gasteiger partial charge in [-0.25, -0.2) is 15.1 Å². The number of nitrogens with zero attached hydrogens (tertiary/aromatic N) is 3. The van der Waals surface area contributed by atoms with Crippen LogP contribution in [0.1, 0.15) is 48.0 Å². The summed E-state index contributed by atoms with van der Waals surface area (Å²) in [5.41, 5.74) is 5.95. The van der Waals surface area contributed by atoms with Crippen LogP contribution in [-0.2, 0) is 9.53 Å².